The molecule has 1 amide bonds. The van der Waals surface area contributed by atoms with E-state index in [-0.39, 0.29) is 12.1 Å². The molecule has 3 rings (SSSR count). The fourth-order valence-corrected chi connectivity index (χ4v) is 2.69. The van der Waals surface area contributed by atoms with E-state index >= 15 is 0 Å². The average Bonchev–Trinajstić information content (AvgIpc) is 2.70. The Labute approximate surface area is 158 Å². The number of hydrogen-bond donors (Lipinski definition) is 2. The fraction of sp³-hybridized carbons (Fsp3) is 0.150. The fourth-order valence-electron chi connectivity index (χ4n) is 2.69. The van der Waals surface area contributed by atoms with E-state index in [9.17, 15) is 23.2 Å². The van der Waals surface area contributed by atoms with E-state index < -0.39 is 17.6 Å². The van der Waals surface area contributed by atoms with Gasteiger partial charge < -0.3 is 10.6 Å². The maximum Gasteiger partial charge on any atom is 0.416 e. The molecule has 28 heavy (non-hydrogen) atoms. The molecule has 0 bridgehead atoms. The number of nitrogens with zero attached hydrogens (tertiary/aromatic N) is 2. The number of alkyl halides is 3. The van der Waals surface area contributed by atoms with Crippen LogP contribution < -0.4 is 10.6 Å². The van der Waals surface area contributed by atoms with Crippen molar-refractivity contribution in [3.63, 3.8) is 0 Å². The molecule has 2 N–H and O–H groups in total. The minimum Gasteiger partial charge on any atom is -0.382 e. The van der Waals surface area contributed by atoms with E-state index in [4.69, 9.17) is 0 Å². The largest absolute Gasteiger partial charge is 0.416 e. The van der Waals surface area contributed by atoms with Crippen LogP contribution in [0.2, 0.25) is 0 Å². The van der Waals surface area contributed by atoms with Crippen LogP contribution in [-0.2, 0) is 6.18 Å². The van der Waals surface area contributed by atoms with Crippen LogP contribution in [0.3, 0.4) is 0 Å². The Morgan fingerprint density at radius 2 is 1.79 bits per heavy atom. The minimum absolute atomic E-state index is 0.139. The minimum atomic E-state index is -4.44. The topological polar surface area (TPSA) is 77.8 Å². The zero-order chi connectivity index (χ0) is 20.1. The summed E-state index contributed by atoms with van der Waals surface area (Å²) in [6.07, 6.45) is -2.96. The first-order valence-corrected chi connectivity index (χ1v) is 8.37. The number of anilines is 1. The molecule has 0 spiro atoms. The first-order chi connectivity index (χ1) is 13.4. The van der Waals surface area contributed by atoms with Gasteiger partial charge in [-0.15, -0.1) is 0 Å². The highest BCUT2D eigenvalue weighted by atomic mass is 19.4. The molecule has 0 saturated carbocycles. The molecule has 0 aliphatic carbocycles. The highest BCUT2D eigenvalue weighted by molar-refractivity contribution is 5.95. The van der Waals surface area contributed by atoms with Crippen LogP contribution in [0.25, 0.3) is 10.9 Å². The second-order valence-electron chi connectivity index (χ2n) is 5.93. The number of carbonyl (C=O) groups is 1. The molecule has 0 saturated heterocycles. The molecule has 1 aromatic heterocycles. The van der Waals surface area contributed by atoms with Gasteiger partial charge in [0.25, 0.3) is 5.91 Å². The van der Waals surface area contributed by atoms with Gasteiger partial charge in [-0.2, -0.15) is 18.4 Å². The predicted octanol–water partition coefficient (Wildman–Crippen LogP) is 3.97. The number of halogens is 3. The highest BCUT2D eigenvalue weighted by Gasteiger charge is 2.30. The lowest BCUT2D eigenvalue weighted by molar-refractivity contribution is -0.137. The summed E-state index contributed by atoms with van der Waals surface area (Å²) in [6.45, 7) is 0.552. The van der Waals surface area contributed by atoms with Crippen LogP contribution in [0, 0.1) is 11.3 Å². The van der Waals surface area contributed by atoms with Gasteiger partial charge in [0.1, 0.15) is 6.07 Å². The molecule has 0 atom stereocenters. The molecule has 0 radical (unpaired) electrons. The van der Waals surface area contributed by atoms with Crippen LogP contribution in [0.4, 0.5) is 18.9 Å². The SMILES string of the molecule is N#Cc1cnc2ccccc2c1NCCNC(=O)c1ccc(C(F)(F)F)cc1. The van der Waals surface area contributed by atoms with Crippen molar-refractivity contribution in [2.75, 3.05) is 18.4 Å². The monoisotopic (exact) mass is 384 g/mol. The number of carbonyl (C=O) groups excluding carboxylic acids is 1. The second kappa shape index (κ2) is 7.96. The van der Waals surface area contributed by atoms with Crippen molar-refractivity contribution >= 4 is 22.5 Å². The third-order valence-electron chi connectivity index (χ3n) is 4.08. The third-order valence-corrected chi connectivity index (χ3v) is 4.08. The first-order valence-electron chi connectivity index (χ1n) is 8.37. The Kier molecular flexibility index (Phi) is 5.45. The van der Waals surface area contributed by atoms with Crippen molar-refractivity contribution < 1.29 is 18.0 Å². The van der Waals surface area contributed by atoms with Crippen LogP contribution in [0.1, 0.15) is 21.5 Å². The lowest BCUT2D eigenvalue weighted by atomic mass is 10.1. The van der Waals surface area contributed by atoms with Gasteiger partial charge >= 0.3 is 6.18 Å². The zero-order valence-electron chi connectivity index (χ0n) is 14.5. The average molecular weight is 384 g/mol. The second-order valence-corrected chi connectivity index (χ2v) is 5.93. The summed E-state index contributed by atoms with van der Waals surface area (Å²) in [6, 6.07) is 13.4. The predicted molar refractivity (Wildman–Crippen MR) is 98.7 cm³/mol. The van der Waals surface area contributed by atoms with E-state index in [1.54, 1.807) is 0 Å². The van der Waals surface area contributed by atoms with E-state index in [0.717, 1.165) is 35.2 Å². The summed E-state index contributed by atoms with van der Waals surface area (Å²) in [5, 5.41) is 15.8. The van der Waals surface area contributed by atoms with E-state index in [2.05, 4.69) is 21.7 Å². The molecule has 0 aliphatic rings. The Morgan fingerprint density at radius 3 is 2.46 bits per heavy atom. The number of rotatable bonds is 5. The maximum atomic E-state index is 12.6. The summed E-state index contributed by atoms with van der Waals surface area (Å²) in [5.41, 5.74) is 1.07. The van der Waals surface area contributed by atoms with Crippen molar-refractivity contribution in [1.29, 1.82) is 5.26 Å². The number of pyridine rings is 1. The summed E-state index contributed by atoms with van der Waals surface area (Å²) in [4.78, 5) is 16.3. The highest BCUT2D eigenvalue weighted by Crippen LogP contribution is 2.29. The summed E-state index contributed by atoms with van der Waals surface area (Å²) in [7, 11) is 0. The quantitative estimate of drug-likeness (QED) is 0.653. The number of para-hydroxylation sites is 1. The smallest absolute Gasteiger partial charge is 0.382 e. The molecule has 3 aromatic rings. The van der Waals surface area contributed by atoms with Crippen molar-refractivity contribution in [2.45, 2.75) is 6.18 Å². The van der Waals surface area contributed by atoms with Crippen molar-refractivity contribution in [1.82, 2.24) is 10.3 Å². The first kappa shape index (κ1) is 19.2. The number of aromatic nitrogens is 1. The van der Waals surface area contributed by atoms with Crippen molar-refractivity contribution in [3.8, 4) is 6.07 Å². The van der Waals surface area contributed by atoms with Gasteiger partial charge in [0.15, 0.2) is 0 Å². The van der Waals surface area contributed by atoms with Crippen molar-refractivity contribution in [3.05, 3.63) is 71.4 Å². The van der Waals surface area contributed by atoms with Crippen molar-refractivity contribution in [2.24, 2.45) is 0 Å². The van der Waals surface area contributed by atoms with Crippen LogP contribution in [-0.4, -0.2) is 24.0 Å². The summed E-state index contributed by atoms with van der Waals surface area (Å²) >= 11 is 0. The normalized spacial score (nSPS) is 11.1. The zero-order valence-corrected chi connectivity index (χ0v) is 14.5. The Balaban J connectivity index is 1.61. The number of benzene rings is 2. The Morgan fingerprint density at radius 1 is 1.07 bits per heavy atom. The van der Waals surface area contributed by atoms with Gasteiger partial charge in [0, 0.05) is 30.2 Å². The molecule has 0 fully saturated rings. The van der Waals surface area contributed by atoms with E-state index in [1.165, 1.54) is 6.20 Å². The van der Waals surface area contributed by atoms with Gasteiger partial charge in [-0.3, -0.25) is 9.78 Å². The molecule has 1 heterocycles. The number of nitriles is 1. The van der Waals surface area contributed by atoms with E-state index in [1.807, 2.05) is 24.3 Å². The molecule has 5 nitrogen and oxygen atoms in total. The molecular weight excluding hydrogens is 369 g/mol. The lowest BCUT2D eigenvalue weighted by Gasteiger charge is -2.12. The summed E-state index contributed by atoms with van der Waals surface area (Å²) < 4.78 is 37.7. The maximum absolute atomic E-state index is 12.6. The Hall–Kier alpha value is -3.60. The summed E-state index contributed by atoms with van der Waals surface area (Å²) in [5.74, 6) is -0.476. The van der Waals surface area contributed by atoms with Gasteiger partial charge in [0.2, 0.25) is 0 Å². The Bertz CT molecular complexity index is 1040. The number of amides is 1. The van der Waals surface area contributed by atoms with E-state index in [0.29, 0.717) is 17.8 Å². The number of hydrogen-bond acceptors (Lipinski definition) is 4. The standard InChI is InChI=1S/C20H15F3N4O/c21-20(22,23)15-7-5-13(6-8-15)19(28)26-10-9-25-18-14(11-24)12-27-17-4-2-1-3-16(17)18/h1-8,12H,9-10H2,(H,25,27)(H,26,28). The van der Waals surface area contributed by atoms with Gasteiger partial charge in [-0.05, 0) is 30.3 Å². The number of nitrogens with one attached hydrogen (secondary N) is 2. The van der Waals surface area contributed by atoms with Crippen LogP contribution >= 0.6 is 0 Å². The van der Waals surface area contributed by atoms with Crippen LogP contribution in [0.15, 0.2) is 54.7 Å². The molecule has 0 aliphatic heterocycles. The number of fused-ring (bicyclic) bond motifs is 1. The van der Waals surface area contributed by atoms with Gasteiger partial charge in [-0.25, -0.2) is 0 Å². The molecule has 0 unspecified atom stereocenters. The van der Waals surface area contributed by atoms with Gasteiger partial charge in [0.05, 0.1) is 22.3 Å². The van der Waals surface area contributed by atoms with Gasteiger partial charge in [-0.1, -0.05) is 18.2 Å². The molecule has 142 valence electrons. The molecule has 2 aromatic carbocycles. The molecule has 8 heteroatoms. The third kappa shape index (κ3) is 4.20. The van der Waals surface area contributed by atoms with Crippen LogP contribution in [0.5, 0.6) is 0 Å². The molecular formula is C20H15F3N4O. The lowest BCUT2D eigenvalue weighted by Crippen LogP contribution is -2.29.